The van der Waals surface area contributed by atoms with Crippen molar-refractivity contribution in [3.63, 3.8) is 0 Å². The molecule has 0 atom stereocenters. The molecule has 2 rings (SSSR count). The average molecular weight is 192 g/mol. The number of hydrogen-bond donors (Lipinski definition) is 2. The molecule has 14 heavy (non-hydrogen) atoms. The average Bonchev–Trinajstić information content (AvgIpc) is 2.58. The third kappa shape index (κ3) is 1.51. The van der Waals surface area contributed by atoms with Gasteiger partial charge in [-0.3, -0.25) is 4.79 Å². The second-order valence-corrected chi connectivity index (χ2v) is 3.36. The molecule has 0 radical (unpaired) electrons. The highest BCUT2D eigenvalue weighted by atomic mass is 16.3. The molecular weight excluding hydrogens is 180 g/mol. The van der Waals surface area contributed by atoms with E-state index >= 15 is 0 Å². The molecule has 1 aliphatic rings. The lowest BCUT2D eigenvalue weighted by atomic mass is 10.00. The number of ketones is 1. The smallest absolute Gasteiger partial charge is 0.186 e. The van der Waals surface area contributed by atoms with Gasteiger partial charge in [-0.15, -0.1) is 0 Å². The molecule has 1 aromatic rings. The molecule has 0 amide bonds. The Morgan fingerprint density at radius 2 is 2.36 bits per heavy atom. The van der Waals surface area contributed by atoms with Crippen molar-refractivity contribution in [2.75, 3.05) is 0 Å². The summed E-state index contributed by atoms with van der Waals surface area (Å²) in [6.07, 6.45) is 0.422. The van der Waals surface area contributed by atoms with Gasteiger partial charge in [0.15, 0.2) is 5.78 Å². The molecule has 1 aliphatic carbocycles. The Morgan fingerprint density at radius 3 is 2.86 bits per heavy atom. The summed E-state index contributed by atoms with van der Waals surface area (Å²) in [4.78, 5) is 10.8. The molecular formula is C10H12N2O2. The minimum Gasteiger partial charge on any atom is -0.465 e. The van der Waals surface area contributed by atoms with Crippen molar-refractivity contribution in [1.29, 1.82) is 0 Å². The molecule has 4 nitrogen and oxygen atoms in total. The van der Waals surface area contributed by atoms with Crippen LogP contribution in [-0.4, -0.2) is 5.78 Å². The molecule has 0 spiro atoms. The van der Waals surface area contributed by atoms with Crippen LogP contribution in [0, 0.1) is 6.92 Å². The summed E-state index contributed by atoms with van der Waals surface area (Å²) in [7, 11) is 0. The van der Waals surface area contributed by atoms with Gasteiger partial charge in [-0.05, 0) is 19.1 Å². The number of rotatable bonds is 3. The molecule has 74 valence electrons. The Bertz CT molecular complexity index is 404. The first-order chi connectivity index (χ1) is 6.66. The number of nitrogens with two attached hydrogens (primary N) is 1. The first-order valence-electron chi connectivity index (χ1n) is 4.48. The van der Waals surface area contributed by atoms with Crippen LogP contribution in [-0.2, 0) is 11.3 Å². The van der Waals surface area contributed by atoms with Gasteiger partial charge in [-0.1, -0.05) is 0 Å². The molecule has 0 unspecified atom stereocenters. The van der Waals surface area contributed by atoms with Crippen molar-refractivity contribution in [3.05, 3.63) is 35.0 Å². The summed E-state index contributed by atoms with van der Waals surface area (Å²) < 4.78 is 5.35. The highest BCUT2D eigenvalue weighted by Crippen LogP contribution is 2.17. The number of aryl methyl sites for hydroxylation is 1. The minimum absolute atomic E-state index is 0.0168. The van der Waals surface area contributed by atoms with Crippen LogP contribution in [0.25, 0.3) is 0 Å². The van der Waals surface area contributed by atoms with Gasteiger partial charge in [-0.25, -0.2) is 0 Å². The molecule has 0 aliphatic heterocycles. The number of nitrogens with one attached hydrogen (secondary N) is 1. The van der Waals surface area contributed by atoms with Crippen LogP contribution in [0.1, 0.15) is 17.9 Å². The van der Waals surface area contributed by atoms with Crippen molar-refractivity contribution in [3.8, 4) is 0 Å². The Balaban J connectivity index is 1.93. The lowest BCUT2D eigenvalue weighted by molar-refractivity contribution is -0.116. The fourth-order valence-corrected chi connectivity index (χ4v) is 1.34. The van der Waals surface area contributed by atoms with Crippen molar-refractivity contribution in [2.45, 2.75) is 19.9 Å². The Hall–Kier alpha value is -1.71. The van der Waals surface area contributed by atoms with Crippen LogP contribution in [0.4, 0.5) is 0 Å². The zero-order valence-corrected chi connectivity index (χ0v) is 7.96. The normalized spacial score (nSPS) is 15.6. The van der Waals surface area contributed by atoms with E-state index in [2.05, 4.69) is 5.32 Å². The van der Waals surface area contributed by atoms with E-state index in [0.29, 0.717) is 18.7 Å². The van der Waals surface area contributed by atoms with Gasteiger partial charge in [0.25, 0.3) is 0 Å². The van der Waals surface area contributed by atoms with E-state index in [4.69, 9.17) is 10.2 Å². The summed E-state index contributed by atoms with van der Waals surface area (Å²) in [6.45, 7) is 2.47. The van der Waals surface area contributed by atoms with Crippen molar-refractivity contribution in [2.24, 2.45) is 5.73 Å². The molecule has 1 heterocycles. The monoisotopic (exact) mass is 192 g/mol. The second kappa shape index (κ2) is 3.21. The second-order valence-electron chi connectivity index (χ2n) is 3.36. The van der Waals surface area contributed by atoms with Crippen molar-refractivity contribution < 1.29 is 9.21 Å². The summed E-state index contributed by atoms with van der Waals surface area (Å²) >= 11 is 0. The largest absolute Gasteiger partial charge is 0.465 e. The van der Waals surface area contributed by atoms with E-state index in [-0.39, 0.29) is 5.78 Å². The molecule has 1 aromatic heterocycles. The lowest BCUT2D eigenvalue weighted by Crippen LogP contribution is -2.32. The maximum atomic E-state index is 10.8. The van der Waals surface area contributed by atoms with Gasteiger partial charge >= 0.3 is 0 Å². The van der Waals surface area contributed by atoms with Crippen LogP contribution < -0.4 is 11.1 Å². The molecule has 0 saturated heterocycles. The Labute approximate surface area is 81.8 Å². The summed E-state index contributed by atoms with van der Waals surface area (Å²) in [5, 5.41) is 3.07. The molecule has 4 heteroatoms. The van der Waals surface area contributed by atoms with E-state index in [0.717, 1.165) is 17.2 Å². The third-order valence-electron chi connectivity index (χ3n) is 2.23. The summed E-state index contributed by atoms with van der Waals surface area (Å²) in [6, 6.07) is 3.81. The molecule has 0 saturated carbocycles. The van der Waals surface area contributed by atoms with E-state index in [1.807, 2.05) is 19.1 Å². The molecule has 0 aromatic carbocycles. The Morgan fingerprint density at radius 1 is 1.57 bits per heavy atom. The van der Waals surface area contributed by atoms with Gasteiger partial charge in [0.1, 0.15) is 11.5 Å². The van der Waals surface area contributed by atoms with Crippen LogP contribution in [0.15, 0.2) is 27.9 Å². The SMILES string of the molecule is Cc1ccc(CNC2=C(N)C(=O)C2)o1. The topological polar surface area (TPSA) is 68.3 Å². The number of furan rings is 1. The van der Waals surface area contributed by atoms with Crippen molar-refractivity contribution in [1.82, 2.24) is 5.32 Å². The van der Waals surface area contributed by atoms with Gasteiger partial charge in [0.05, 0.1) is 18.7 Å². The first-order valence-corrected chi connectivity index (χ1v) is 4.48. The highest BCUT2D eigenvalue weighted by molar-refractivity contribution is 6.03. The predicted molar refractivity (Wildman–Crippen MR) is 51.1 cm³/mol. The zero-order valence-electron chi connectivity index (χ0n) is 7.96. The molecule has 0 bridgehead atoms. The third-order valence-corrected chi connectivity index (χ3v) is 2.23. The van der Waals surface area contributed by atoms with Crippen LogP contribution >= 0.6 is 0 Å². The maximum Gasteiger partial charge on any atom is 0.186 e. The zero-order chi connectivity index (χ0) is 10.1. The van der Waals surface area contributed by atoms with E-state index in [1.165, 1.54) is 0 Å². The number of hydrogen-bond acceptors (Lipinski definition) is 4. The van der Waals surface area contributed by atoms with Gasteiger partial charge in [0, 0.05) is 5.70 Å². The lowest BCUT2D eigenvalue weighted by Gasteiger charge is -2.19. The number of Topliss-reactive ketones (excluding diaryl/α,β-unsaturated/α-hetero) is 1. The van der Waals surface area contributed by atoms with Gasteiger partial charge in [0.2, 0.25) is 0 Å². The molecule has 3 N–H and O–H groups in total. The summed E-state index contributed by atoms with van der Waals surface area (Å²) in [5.41, 5.74) is 6.65. The fourth-order valence-electron chi connectivity index (χ4n) is 1.34. The number of carbonyl (C=O) groups is 1. The fraction of sp³-hybridized carbons (Fsp3) is 0.300. The van der Waals surface area contributed by atoms with E-state index in [1.54, 1.807) is 0 Å². The maximum absolute atomic E-state index is 10.8. The van der Waals surface area contributed by atoms with E-state index in [9.17, 15) is 4.79 Å². The van der Waals surface area contributed by atoms with Gasteiger partial charge < -0.3 is 15.5 Å². The van der Waals surface area contributed by atoms with Crippen molar-refractivity contribution >= 4 is 5.78 Å². The van der Waals surface area contributed by atoms with Gasteiger partial charge in [-0.2, -0.15) is 0 Å². The number of carbonyl (C=O) groups excluding carboxylic acids is 1. The van der Waals surface area contributed by atoms with Crippen LogP contribution in [0.5, 0.6) is 0 Å². The quantitative estimate of drug-likeness (QED) is 0.744. The minimum atomic E-state index is 0.0168. The first kappa shape index (κ1) is 8.87. The van der Waals surface area contributed by atoms with Crippen LogP contribution in [0.3, 0.4) is 0 Å². The standard InChI is InChI=1S/C10H12N2O2/c1-6-2-3-7(14-6)5-12-8-4-9(13)10(8)11/h2-3,12H,4-5,11H2,1H3. The highest BCUT2D eigenvalue weighted by Gasteiger charge is 2.23. The predicted octanol–water partition coefficient (Wildman–Crippen LogP) is 0.821. The summed E-state index contributed by atoms with van der Waals surface area (Å²) in [5.74, 6) is 1.75. The number of allylic oxidation sites excluding steroid dienone is 2. The Kier molecular flexibility index (Phi) is 2.04. The molecule has 0 fully saturated rings. The van der Waals surface area contributed by atoms with E-state index < -0.39 is 0 Å². The van der Waals surface area contributed by atoms with Crippen LogP contribution in [0.2, 0.25) is 0 Å².